The van der Waals surface area contributed by atoms with Crippen LogP contribution in [0.3, 0.4) is 0 Å². The summed E-state index contributed by atoms with van der Waals surface area (Å²) in [5.74, 6) is -1.27. The fourth-order valence-corrected chi connectivity index (χ4v) is 1.41. The number of hydrogen-bond donors (Lipinski definition) is 1. The molecule has 2 nitrogen and oxygen atoms in total. The molecule has 0 amide bonds. The Bertz CT molecular complexity index is 424. The second-order valence-corrected chi connectivity index (χ2v) is 5.08. The molecule has 0 heterocycles. The standard InChI is InChI=1S/C13H17F4NO/c1-12(2,3)19-7-6-18-9-4-5-11(14)10(8-9)13(15,16)17/h4-5,8,18H,6-7H2,1-3H3. The molecule has 0 unspecified atom stereocenters. The molecule has 0 saturated heterocycles. The van der Waals surface area contributed by atoms with Gasteiger partial charge in [-0.3, -0.25) is 0 Å². The Balaban J connectivity index is 2.61. The monoisotopic (exact) mass is 279 g/mol. The van der Waals surface area contributed by atoms with E-state index in [-0.39, 0.29) is 11.3 Å². The third kappa shape index (κ3) is 5.46. The summed E-state index contributed by atoms with van der Waals surface area (Å²) in [5, 5.41) is 2.77. The van der Waals surface area contributed by atoms with E-state index in [1.54, 1.807) is 0 Å². The zero-order chi connectivity index (χ0) is 14.7. The van der Waals surface area contributed by atoms with Crippen molar-refractivity contribution in [3.8, 4) is 0 Å². The average molecular weight is 279 g/mol. The van der Waals surface area contributed by atoms with Crippen molar-refractivity contribution >= 4 is 5.69 Å². The van der Waals surface area contributed by atoms with Gasteiger partial charge in [0, 0.05) is 12.2 Å². The van der Waals surface area contributed by atoms with E-state index in [2.05, 4.69) is 5.32 Å². The van der Waals surface area contributed by atoms with Gasteiger partial charge >= 0.3 is 6.18 Å². The molecule has 0 atom stereocenters. The highest BCUT2D eigenvalue weighted by molar-refractivity contribution is 5.47. The van der Waals surface area contributed by atoms with Gasteiger partial charge in [-0.05, 0) is 39.0 Å². The van der Waals surface area contributed by atoms with Crippen LogP contribution in [-0.4, -0.2) is 18.8 Å². The first kappa shape index (κ1) is 15.8. The molecule has 1 aromatic carbocycles. The van der Waals surface area contributed by atoms with Crippen LogP contribution in [-0.2, 0) is 10.9 Å². The first-order valence-electron chi connectivity index (χ1n) is 5.84. The minimum absolute atomic E-state index is 0.214. The lowest BCUT2D eigenvalue weighted by Gasteiger charge is -2.20. The van der Waals surface area contributed by atoms with Crippen LogP contribution in [0.4, 0.5) is 23.2 Å². The van der Waals surface area contributed by atoms with Gasteiger partial charge in [-0.2, -0.15) is 13.2 Å². The Labute approximate surface area is 109 Å². The van der Waals surface area contributed by atoms with Gasteiger partial charge in [-0.25, -0.2) is 4.39 Å². The molecule has 0 saturated carbocycles. The summed E-state index contributed by atoms with van der Waals surface area (Å²) in [7, 11) is 0. The molecular formula is C13H17F4NO. The zero-order valence-electron chi connectivity index (χ0n) is 11.1. The first-order chi connectivity index (χ1) is 8.59. The van der Waals surface area contributed by atoms with E-state index < -0.39 is 17.6 Å². The number of anilines is 1. The Morgan fingerprint density at radius 1 is 1.16 bits per heavy atom. The quantitative estimate of drug-likeness (QED) is 0.662. The van der Waals surface area contributed by atoms with E-state index in [9.17, 15) is 17.6 Å². The summed E-state index contributed by atoms with van der Waals surface area (Å²) in [6.07, 6.45) is -4.69. The molecule has 1 N–H and O–H groups in total. The second kappa shape index (κ2) is 5.77. The third-order valence-electron chi connectivity index (χ3n) is 2.24. The summed E-state index contributed by atoms with van der Waals surface area (Å²) in [6, 6.07) is 2.82. The van der Waals surface area contributed by atoms with Crippen LogP contribution in [0.5, 0.6) is 0 Å². The van der Waals surface area contributed by atoms with Gasteiger partial charge in [0.15, 0.2) is 0 Å². The third-order valence-corrected chi connectivity index (χ3v) is 2.24. The molecule has 0 aliphatic rings. The maximum Gasteiger partial charge on any atom is 0.419 e. The van der Waals surface area contributed by atoms with Crippen molar-refractivity contribution < 1.29 is 22.3 Å². The Hall–Kier alpha value is -1.30. The van der Waals surface area contributed by atoms with E-state index in [1.807, 2.05) is 20.8 Å². The minimum Gasteiger partial charge on any atom is -0.383 e. The molecule has 0 aliphatic carbocycles. The number of halogens is 4. The van der Waals surface area contributed by atoms with Crippen molar-refractivity contribution in [2.75, 3.05) is 18.5 Å². The molecule has 1 aromatic rings. The Kier molecular flexibility index (Phi) is 4.79. The van der Waals surface area contributed by atoms with Crippen molar-refractivity contribution in [1.82, 2.24) is 0 Å². The molecule has 0 aliphatic heterocycles. The largest absolute Gasteiger partial charge is 0.419 e. The lowest BCUT2D eigenvalue weighted by molar-refractivity contribution is -0.139. The van der Waals surface area contributed by atoms with E-state index in [0.29, 0.717) is 13.2 Å². The van der Waals surface area contributed by atoms with Gasteiger partial charge in [0.25, 0.3) is 0 Å². The topological polar surface area (TPSA) is 21.3 Å². The maximum absolute atomic E-state index is 13.0. The lowest BCUT2D eigenvalue weighted by atomic mass is 10.2. The molecule has 108 valence electrons. The van der Waals surface area contributed by atoms with Crippen LogP contribution in [0, 0.1) is 5.82 Å². The summed E-state index contributed by atoms with van der Waals surface area (Å²) >= 11 is 0. The molecule has 1 rings (SSSR count). The van der Waals surface area contributed by atoms with E-state index in [0.717, 1.165) is 12.1 Å². The number of nitrogens with one attached hydrogen (secondary N) is 1. The van der Waals surface area contributed by atoms with Crippen LogP contribution in [0.15, 0.2) is 18.2 Å². The highest BCUT2D eigenvalue weighted by Gasteiger charge is 2.34. The molecule has 0 aromatic heterocycles. The Morgan fingerprint density at radius 3 is 2.32 bits per heavy atom. The number of ether oxygens (including phenoxy) is 1. The maximum atomic E-state index is 13.0. The van der Waals surface area contributed by atoms with Gasteiger partial charge in [0.1, 0.15) is 5.82 Å². The summed E-state index contributed by atoms with van der Waals surface area (Å²) < 4.78 is 55.9. The van der Waals surface area contributed by atoms with Gasteiger partial charge in [0.05, 0.1) is 17.8 Å². The van der Waals surface area contributed by atoms with Crippen LogP contribution < -0.4 is 5.32 Å². The summed E-state index contributed by atoms with van der Waals surface area (Å²) in [6.45, 7) is 6.34. The lowest BCUT2D eigenvalue weighted by Crippen LogP contribution is -2.23. The summed E-state index contributed by atoms with van der Waals surface area (Å²) in [5.41, 5.74) is -1.36. The Morgan fingerprint density at radius 2 is 1.79 bits per heavy atom. The average Bonchev–Trinajstić information content (AvgIpc) is 2.23. The number of hydrogen-bond acceptors (Lipinski definition) is 2. The second-order valence-electron chi connectivity index (χ2n) is 5.08. The number of rotatable bonds is 4. The zero-order valence-corrected chi connectivity index (χ0v) is 11.1. The molecular weight excluding hydrogens is 262 g/mol. The minimum atomic E-state index is -4.69. The predicted octanol–water partition coefficient (Wildman–Crippen LogP) is 4.07. The predicted molar refractivity (Wildman–Crippen MR) is 65.6 cm³/mol. The SMILES string of the molecule is CC(C)(C)OCCNc1ccc(F)c(C(F)(F)F)c1. The summed E-state index contributed by atoms with van der Waals surface area (Å²) in [4.78, 5) is 0. The van der Waals surface area contributed by atoms with Crippen molar-refractivity contribution in [2.45, 2.75) is 32.5 Å². The van der Waals surface area contributed by atoms with Crippen LogP contribution in [0.1, 0.15) is 26.3 Å². The normalized spacial score (nSPS) is 12.6. The van der Waals surface area contributed by atoms with Crippen molar-refractivity contribution in [2.24, 2.45) is 0 Å². The fraction of sp³-hybridized carbons (Fsp3) is 0.538. The molecule has 0 radical (unpaired) electrons. The van der Waals surface area contributed by atoms with Gasteiger partial charge in [0.2, 0.25) is 0 Å². The smallest absolute Gasteiger partial charge is 0.383 e. The van der Waals surface area contributed by atoms with E-state index in [1.165, 1.54) is 6.07 Å². The van der Waals surface area contributed by atoms with Gasteiger partial charge in [-0.1, -0.05) is 0 Å². The van der Waals surface area contributed by atoms with Gasteiger partial charge < -0.3 is 10.1 Å². The van der Waals surface area contributed by atoms with Gasteiger partial charge in [-0.15, -0.1) is 0 Å². The molecule has 19 heavy (non-hydrogen) atoms. The molecule has 6 heteroatoms. The van der Waals surface area contributed by atoms with Crippen LogP contribution >= 0.6 is 0 Å². The highest BCUT2D eigenvalue weighted by atomic mass is 19.4. The van der Waals surface area contributed by atoms with Crippen molar-refractivity contribution in [3.63, 3.8) is 0 Å². The number of alkyl halides is 3. The molecule has 0 bridgehead atoms. The van der Waals surface area contributed by atoms with E-state index >= 15 is 0 Å². The van der Waals surface area contributed by atoms with E-state index in [4.69, 9.17) is 4.74 Å². The van der Waals surface area contributed by atoms with Crippen LogP contribution in [0.25, 0.3) is 0 Å². The molecule has 0 fully saturated rings. The van der Waals surface area contributed by atoms with Crippen molar-refractivity contribution in [3.05, 3.63) is 29.6 Å². The van der Waals surface area contributed by atoms with Crippen LogP contribution in [0.2, 0.25) is 0 Å². The van der Waals surface area contributed by atoms with Crippen molar-refractivity contribution in [1.29, 1.82) is 0 Å². The first-order valence-corrected chi connectivity index (χ1v) is 5.84. The fourth-order valence-electron chi connectivity index (χ4n) is 1.41. The molecule has 0 spiro atoms. The highest BCUT2D eigenvalue weighted by Crippen LogP contribution is 2.32. The number of benzene rings is 1.